The lowest BCUT2D eigenvalue weighted by molar-refractivity contribution is 0.0895. The standard InChI is InChI=1S/C10H9F3O2.C3H8/c11-8-1-5(10(12)13)2-9-7(8)3-6(14)4-15-9;1-3-2/h1-2,6,10,14H,3-4H2;3H2,1-2H3. The van der Waals surface area contributed by atoms with Crippen molar-refractivity contribution in [1.82, 2.24) is 0 Å². The summed E-state index contributed by atoms with van der Waals surface area (Å²) in [6.45, 7) is 4.26. The molecular weight excluding hydrogens is 245 g/mol. The summed E-state index contributed by atoms with van der Waals surface area (Å²) in [4.78, 5) is 0. The Kier molecular flexibility index (Phi) is 5.47. The summed E-state index contributed by atoms with van der Waals surface area (Å²) < 4.78 is 43.0. The van der Waals surface area contributed by atoms with E-state index < -0.39 is 23.9 Å². The highest BCUT2D eigenvalue weighted by molar-refractivity contribution is 5.41. The van der Waals surface area contributed by atoms with Crippen molar-refractivity contribution in [2.45, 2.75) is 39.2 Å². The van der Waals surface area contributed by atoms with Gasteiger partial charge in [0, 0.05) is 17.5 Å². The van der Waals surface area contributed by atoms with Gasteiger partial charge in [-0.15, -0.1) is 0 Å². The van der Waals surface area contributed by atoms with Gasteiger partial charge in [0.25, 0.3) is 6.43 Å². The molecule has 1 aliphatic rings. The van der Waals surface area contributed by atoms with E-state index in [0.717, 1.165) is 12.1 Å². The minimum atomic E-state index is -2.72. The molecule has 1 unspecified atom stereocenters. The fourth-order valence-electron chi connectivity index (χ4n) is 1.56. The van der Waals surface area contributed by atoms with Gasteiger partial charge in [-0.05, 0) is 12.1 Å². The van der Waals surface area contributed by atoms with Crippen molar-refractivity contribution in [3.05, 3.63) is 29.1 Å². The van der Waals surface area contributed by atoms with Gasteiger partial charge in [-0.25, -0.2) is 13.2 Å². The Labute approximate surface area is 104 Å². The van der Waals surface area contributed by atoms with Gasteiger partial charge in [-0.2, -0.15) is 0 Å². The molecule has 0 saturated heterocycles. The second-order valence-corrected chi connectivity index (χ2v) is 4.16. The molecule has 1 N–H and O–H groups in total. The zero-order valence-electron chi connectivity index (χ0n) is 10.4. The predicted octanol–water partition coefficient (Wildman–Crippen LogP) is 3.48. The number of aliphatic hydroxyl groups excluding tert-OH is 1. The second kappa shape index (κ2) is 6.64. The van der Waals surface area contributed by atoms with Crippen LogP contribution in [0, 0.1) is 5.82 Å². The molecule has 0 amide bonds. The van der Waals surface area contributed by atoms with Crippen molar-refractivity contribution in [3.63, 3.8) is 0 Å². The van der Waals surface area contributed by atoms with Gasteiger partial charge in [0.05, 0.1) is 6.10 Å². The number of rotatable bonds is 1. The molecule has 18 heavy (non-hydrogen) atoms. The zero-order chi connectivity index (χ0) is 13.7. The summed E-state index contributed by atoms with van der Waals surface area (Å²) in [7, 11) is 0. The summed E-state index contributed by atoms with van der Waals surface area (Å²) in [6.07, 6.45) is -2.14. The van der Waals surface area contributed by atoms with Crippen molar-refractivity contribution >= 4 is 0 Å². The average Bonchev–Trinajstić information content (AvgIpc) is 2.30. The van der Waals surface area contributed by atoms with Crippen LogP contribution < -0.4 is 4.74 Å². The van der Waals surface area contributed by atoms with Crippen LogP contribution in [0.5, 0.6) is 5.75 Å². The summed E-state index contributed by atoms with van der Waals surface area (Å²) >= 11 is 0. The lowest BCUT2D eigenvalue weighted by Gasteiger charge is -2.22. The molecule has 2 nitrogen and oxygen atoms in total. The molecule has 0 saturated carbocycles. The predicted molar refractivity (Wildman–Crippen MR) is 62.5 cm³/mol. The Hall–Kier alpha value is -1.23. The van der Waals surface area contributed by atoms with E-state index in [1.807, 2.05) is 0 Å². The summed E-state index contributed by atoms with van der Waals surface area (Å²) in [5, 5.41) is 9.22. The SMILES string of the molecule is CCC.OC1COc2cc(C(F)F)cc(F)c2C1. The van der Waals surface area contributed by atoms with Crippen LogP contribution in [0.15, 0.2) is 12.1 Å². The van der Waals surface area contributed by atoms with Gasteiger partial charge in [0.2, 0.25) is 0 Å². The fourth-order valence-corrected chi connectivity index (χ4v) is 1.56. The number of fused-ring (bicyclic) bond motifs is 1. The van der Waals surface area contributed by atoms with Crippen molar-refractivity contribution in [2.24, 2.45) is 0 Å². The number of hydrogen-bond acceptors (Lipinski definition) is 2. The van der Waals surface area contributed by atoms with Crippen LogP contribution in [-0.4, -0.2) is 17.8 Å². The van der Waals surface area contributed by atoms with E-state index in [0.29, 0.717) is 0 Å². The first kappa shape index (κ1) is 14.8. The third-order valence-corrected chi connectivity index (χ3v) is 2.30. The molecule has 0 fully saturated rings. The van der Waals surface area contributed by atoms with E-state index in [4.69, 9.17) is 4.74 Å². The number of alkyl halides is 2. The smallest absolute Gasteiger partial charge is 0.264 e. The number of halogens is 3. The molecule has 2 rings (SSSR count). The Balaban J connectivity index is 0.000000492. The largest absolute Gasteiger partial charge is 0.490 e. The third kappa shape index (κ3) is 3.63. The van der Waals surface area contributed by atoms with Gasteiger partial charge >= 0.3 is 0 Å². The van der Waals surface area contributed by atoms with E-state index in [1.165, 1.54) is 6.42 Å². The van der Waals surface area contributed by atoms with Gasteiger partial charge in [-0.3, -0.25) is 0 Å². The molecule has 1 aliphatic heterocycles. The van der Waals surface area contributed by atoms with Crippen LogP contribution >= 0.6 is 0 Å². The van der Waals surface area contributed by atoms with Crippen LogP contribution in [0.1, 0.15) is 37.8 Å². The Morgan fingerprint density at radius 1 is 1.39 bits per heavy atom. The van der Waals surface area contributed by atoms with E-state index in [-0.39, 0.29) is 24.3 Å². The highest BCUT2D eigenvalue weighted by Gasteiger charge is 2.23. The van der Waals surface area contributed by atoms with E-state index in [9.17, 15) is 18.3 Å². The lowest BCUT2D eigenvalue weighted by atomic mass is 10.0. The zero-order valence-corrected chi connectivity index (χ0v) is 10.4. The van der Waals surface area contributed by atoms with Gasteiger partial charge < -0.3 is 9.84 Å². The number of hydrogen-bond donors (Lipinski definition) is 1. The maximum atomic E-state index is 13.3. The quantitative estimate of drug-likeness (QED) is 0.839. The molecule has 5 heteroatoms. The fraction of sp³-hybridized carbons (Fsp3) is 0.538. The third-order valence-electron chi connectivity index (χ3n) is 2.30. The van der Waals surface area contributed by atoms with Crippen LogP contribution in [0.2, 0.25) is 0 Å². The highest BCUT2D eigenvalue weighted by Crippen LogP contribution is 2.32. The first-order valence-corrected chi connectivity index (χ1v) is 5.90. The molecule has 1 aromatic rings. The lowest BCUT2D eigenvalue weighted by Crippen LogP contribution is -2.26. The molecule has 102 valence electrons. The number of benzene rings is 1. The second-order valence-electron chi connectivity index (χ2n) is 4.16. The highest BCUT2D eigenvalue weighted by atomic mass is 19.3. The van der Waals surface area contributed by atoms with Crippen molar-refractivity contribution < 1.29 is 23.0 Å². The number of aliphatic hydroxyl groups is 1. The number of ether oxygens (including phenoxy) is 1. The average molecular weight is 262 g/mol. The maximum absolute atomic E-state index is 13.3. The van der Waals surface area contributed by atoms with Crippen molar-refractivity contribution in [2.75, 3.05) is 6.61 Å². The van der Waals surface area contributed by atoms with Gasteiger partial charge in [0.15, 0.2) is 0 Å². The Bertz CT molecular complexity index is 394. The molecule has 1 heterocycles. The minimum Gasteiger partial charge on any atom is -0.490 e. The molecule has 1 atom stereocenters. The Morgan fingerprint density at radius 2 is 2.00 bits per heavy atom. The first-order valence-electron chi connectivity index (χ1n) is 5.90. The summed E-state index contributed by atoms with van der Waals surface area (Å²) in [5.74, 6) is -0.642. The molecule has 0 radical (unpaired) electrons. The van der Waals surface area contributed by atoms with Gasteiger partial charge in [-0.1, -0.05) is 20.3 Å². The van der Waals surface area contributed by atoms with E-state index in [2.05, 4.69) is 13.8 Å². The summed E-state index contributed by atoms with van der Waals surface area (Å²) in [6, 6.07) is 1.90. The molecule has 0 bridgehead atoms. The molecule has 0 aliphatic carbocycles. The van der Waals surface area contributed by atoms with Crippen LogP contribution in [-0.2, 0) is 6.42 Å². The van der Waals surface area contributed by atoms with Crippen LogP contribution in [0.4, 0.5) is 13.2 Å². The monoisotopic (exact) mass is 262 g/mol. The van der Waals surface area contributed by atoms with E-state index in [1.54, 1.807) is 0 Å². The normalized spacial score (nSPS) is 17.6. The van der Waals surface area contributed by atoms with Crippen molar-refractivity contribution in [3.8, 4) is 5.75 Å². The molecule has 0 aromatic heterocycles. The molecule has 0 spiro atoms. The Morgan fingerprint density at radius 3 is 2.56 bits per heavy atom. The molecule has 1 aromatic carbocycles. The van der Waals surface area contributed by atoms with Crippen LogP contribution in [0.3, 0.4) is 0 Å². The minimum absolute atomic E-state index is 0.0130. The summed E-state index contributed by atoms with van der Waals surface area (Å²) in [5.41, 5.74) is -0.235. The first-order chi connectivity index (χ1) is 8.49. The topological polar surface area (TPSA) is 29.5 Å². The van der Waals surface area contributed by atoms with Crippen molar-refractivity contribution in [1.29, 1.82) is 0 Å². The maximum Gasteiger partial charge on any atom is 0.264 e. The van der Waals surface area contributed by atoms with Crippen LogP contribution in [0.25, 0.3) is 0 Å². The molecular formula is C13H17F3O2. The van der Waals surface area contributed by atoms with E-state index >= 15 is 0 Å². The van der Waals surface area contributed by atoms with Gasteiger partial charge in [0.1, 0.15) is 18.2 Å².